The van der Waals surface area contributed by atoms with Crippen molar-refractivity contribution in [2.24, 2.45) is 5.84 Å². The number of aromatic nitrogens is 2. The number of rotatable bonds is 4. The van der Waals surface area contributed by atoms with Crippen molar-refractivity contribution in [3.8, 4) is 0 Å². The molecule has 1 atom stereocenters. The van der Waals surface area contributed by atoms with Crippen LogP contribution >= 0.6 is 11.3 Å². The monoisotopic (exact) mass is 234 g/mol. The molecule has 2 aromatic heterocycles. The highest BCUT2D eigenvalue weighted by molar-refractivity contribution is 7.09. The third-order valence-electron chi connectivity index (χ3n) is 2.39. The first-order valence-corrected chi connectivity index (χ1v) is 5.92. The summed E-state index contributed by atoms with van der Waals surface area (Å²) in [6.07, 6.45) is 6.40. The molecule has 2 heterocycles. The Balaban J connectivity index is 2.16. The van der Waals surface area contributed by atoms with E-state index >= 15 is 0 Å². The topological polar surface area (TPSA) is 63.8 Å². The van der Waals surface area contributed by atoms with Crippen molar-refractivity contribution in [3.05, 3.63) is 46.2 Å². The van der Waals surface area contributed by atoms with Crippen LogP contribution in [-0.2, 0) is 6.42 Å². The molecule has 0 bridgehead atoms. The molecule has 4 nitrogen and oxygen atoms in total. The summed E-state index contributed by atoms with van der Waals surface area (Å²) in [7, 11) is 0. The van der Waals surface area contributed by atoms with Crippen LogP contribution in [0.2, 0.25) is 0 Å². The van der Waals surface area contributed by atoms with Crippen molar-refractivity contribution in [2.45, 2.75) is 19.4 Å². The van der Waals surface area contributed by atoms with Crippen molar-refractivity contribution < 1.29 is 0 Å². The fourth-order valence-corrected chi connectivity index (χ4v) is 2.23. The number of nitrogens with two attached hydrogens (primary N) is 1. The molecular weight excluding hydrogens is 220 g/mol. The molecule has 0 saturated heterocycles. The molecule has 0 aromatic carbocycles. The molecule has 0 amide bonds. The third-order valence-corrected chi connectivity index (χ3v) is 3.19. The van der Waals surface area contributed by atoms with Gasteiger partial charge in [-0.15, -0.1) is 11.3 Å². The van der Waals surface area contributed by atoms with Gasteiger partial charge in [0.05, 0.1) is 11.6 Å². The highest BCUT2D eigenvalue weighted by Gasteiger charge is 2.11. The Bertz CT molecular complexity index is 441. The minimum absolute atomic E-state index is 0.0906. The number of hydrogen-bond acceptors (Lipinski definition) is 5. The molecule has 2 aromatic rings. The Morgan fingerprint density at radius 1 is 1.38 bits per heavy atom. The molecule has 5 heteroatoms. The lowest BCUT2D eigenvalue weighted by Crippen LogP contribution is -2.29. The van der Waals surface area contributed by atoms with Gasteiger partial charge < -0.3 is 0 Å². The smallest absolute Gasteiger partial charge is 0.0794 e. The summed E-state index contributed by atoms with van der Waals surface area (Å²) in [5.74, 6) is 5.58. The lowest BCUT2D eigenvalue weighted by molar-refractivity contribution is 0.553. The van der Waals surface area contributed by atoms with Crippen LogP contribution in [0.1, 0.15) is 22.0 Å². The van der Waals surface area contributed by atoms with Gasteiger partial charge in [0.1, 0.15) is 0 Å². The molecule has 1 unspecified atom stereocenters. The summed E-state index contributed by atoms with van der Waals surface area (Å²) in [4.78, 5) is 9.44. The zero-order valence-corrected chi connectivity index (χ0v) is 9.87. The maximum atomic E-state index is 5.58. The van der Waals surface area contributed by atoms with Gasteiger partial charge in [-0.1, -0.05) is 6.07 Å². The largest absolute Gasteiger partial charge is 0.271 e. The molecule has 16 heavy (non-hydrogen) atoms. The lowest BCUT2D eigenvalue weighted by atomic mass is 10.0. The average Bonchev–Trinajstić information content (AvgIpc) is 2.78. The lowest BCUT2D eigenvalue weighted by Gasteiger charge is -2.15. The fourth-order valence-electron chi connectivity index (χ4n) is 1.59. The van der Waals surface area contributed by atoms with Gasteiger partial charge >= 0.3 is 0 Å². The molecule has 2 rings (SSSR count). The SMILES string of the molecule is Cc1cncc(C(Cc2cncs2)NN)c1. The van der Waals surface area contributed by atoms with E-state index < -0.39 is 0 Å². The highest BCUT2D eigenvalue weighted by Crippen LogP contribution is 2.19. The zero-order chi connectivity index (χ0) is 11.4. The summed E-state index contributed by atoms with van der Waals surface area (Å²) < 4.78 is 0. The van der Waals surface area contributed by atoms with Gasteiger partial charge in [0.25, 0.3) is 0 Å². The predicted octanol–water partition coefficient (Wildman–Crippen LogP) is 1.59. The van der Waals surface area contributed by atoms with Gasteiger partial charge in [0.2, 0.25) is 0 Å². The van der Waals surface area contributed by atoms with E-state index in [0.29, 0.717) is 0 Å². The molecule has 0 aliphatic carbocycles. The van der Waals surface area contributed by atoms with Gasteiger partial charge in [0.15, 0.2) is 0 Å². The van der Waals surface area contributed by atoms with E-state index in [9.17, 15) is 0 Å². The van der Waals surface area contributed by atoms with Gasteiger partial charge in [-0.05, 0) is 18.1 Å². The highest BCUT2D eigenvalue weighted by atomic mass is 32.1. The van der Waals surface area contributed by atoms with E-state index in [1.165, 1.54) is 4.88 Å². The molecule has 0 saturated carbocycles. The van der Waals surface area contributed by atoms with Crippen LogP contribution in [0.3, 0.4) is 0 Å². The summed E-state index contributed by atoms with van der Waals surface area (Å²) >= 11 is 1.64. The summed E-state index contributed by atoms with van der Waals surface area (Å²) in [6.45, 7) is 2.02. The van der Waals surface area contributed by atoms with Crippen molar-refractivity contribution in [3.63, 3.8) is 0 Å². The van der Waals surface area contributed by atoms with E-state index in [1.54, 1.807) is 11.3 Å². The number of hydrogen-bond donors (Lipinski definition) is 2. The first kappa shape index (κ1) is 11.2. The average molecular weight is 234 g/mol. The second kappa shape index (κ2) is 5.16. The van der Waals surface area contributed by atoms with Gasteiger partial charge in [-0.25, -0.2) is 0 Å². The van der Waals surface area contributed by atoms with Gasteiger partial charge in [-0.3, -0.25) is 21.2 Å². The van der Waals surface area contributed by atoms with Crippen molar-refractivity contribution in [1.29, 1.82) is 0 Å². The van der Waals surface area contributed by atoms with E-state index in [0.717, 1.165) is 17.5 Å². The first-order valence-electron chi connectivity index (χ1n) is 5.04. The van der Waals surface area contributed by atoms with Crippen LogP contribution in [0.5, 0.6) is 0 Å². The number of aryl methyl sites for hydroxylation is 1. The Kier molecular flexibility index (Phi) is 3.61. The van der Waals surface area contributed by atoms with Gasteiger partial charge in [0, 0.05) is 29.9 Å². The van der Waals surface area contributed by atoms with Crippen molar-refractivity contribution in [2.75, 3.05) is 0 Å². The maximum Gasteiger partial charge on any atom is 0.0794 e. The van der Waals surface area contributed by atoms with Crippen LogP contribution < -0.4 is 11.3 Å². The molecule has 84 valence electrons. The van der Waals surface area contributed by atoms with E-state index in [4.69, 9.17) is 5.84 Å². The molecular formula is C11H14N4S. The number of nitrogens with one attached hydrogen (secondary N) is 1. The van der Waals surface area contributed by atoms with E-state index in [2.05, 4.69) is 21.5 Å². The Labute approximate surface area is 98.5 Å². The van der Waals surface area contributed by atoms with Crippen LogP contribution in [0.15, 0.2) is 30.2 Å². The van der Waals surface area contributed by atoms with Gasteiger partial charge in [-0.2, -0.15) is 0 Å². The van der Waals surface area contributed by atoms with Crippen LogP contribution in [-0.4, -0.2) is 9.97 Å². The van der Waals surface area contributed by atoms with Crippen molar-refractivity contribution >= 4 is 11.3 Å². The number of thiazole rings is 1. The Morgan fingerprint density at radius 3 is 2.88 bits per heavy atom. The Morgan fingerprint density at radius 2 is 2.25 bits per heavy atom. The molecule has 0 aliphatic rings. The van der Waals surface area contributed by atoms with E-state index in [1.807, 2.05) is 31.0 Å². The molecule has 0 spiro atoms. The molecule has 0 radical (unpaired) electrons. The summed E-state index contributed by atoms with van der Waals surface area (Å²) in [5, 5.41) is 0. The standard InChI is InChI=1S/C11H14N4S/c1-8-2-9(5-13-4-8)11(15-12)3-10-6-14-7-16-10/h2,4-7,11,15H,3,12H2,1H3. The molecule has 0 aliphatic heterocycles. The van der Waals surface area contributed by atoms with E-state index in [-0.39, 0.29) is 6.04 Å². The first-order chi connectivity index (χ1) is 7.79. The second-order valence-corrected chi connectivity index (χ2v) is 4.66. The van der Waals surface area contributed by atoms with Crippen molar-refractivity contribution in [1.82, 2.24) is 15.4 Å². The Hall–Kier alpha value is -1.30. The fraction of sp³-hybridized carbons (Fsp3) is 0.273. The number of hydrazine groups is 1. The minimum Gasteiger partial charge on any atom is -0.271 e. The van der Waals surface area contributed by atoms with Crippen LogP contribution in [0, 0.1) is 6.92 Å². The predicted molar refractivity (Wildman–Crippen MR) is 64.9 cm³/mol. The molecule has 3 N–H and O–H groups in total. The van der Waals surface area contributed by atoms with Crippen LogP contribution in [0.25, 0.3) is 0 Å². The zero-order valence-electron chi connectivity index (χ0n) is 9.05. The second-order valence-electron chi connectivity index (χ2n) is 3.69. The summed E-state index contributed by atoms with van der Waals surface area (Å²) in [6, 6.07) is 2.19. The third kappa shape index (κ3) is 2.63. The maximum absolute atomic E-state index is 5.58. The number of nitrogens with zero attached hydrogens (tertiary/aromatic N) is 2. The summed E-state index contributed by atoms with van der Waals surface area (Å²) in [5.41, 5.74) is 6.90. The minimum atomic E-state index is 0.0906. The number of pyridine rings is 1. The molecule has 0 fully saturated rings. The normalized spacial score (nSPS) is 12.6. The quantitative estimate of drug-likeness (QED) is 0.623. The van der Waals surface area contributed by atoms with Crippen LogP contribution in [0.4, 0.5) is 0 Å².